The van der Waals surface area contributed by atoms with Gasteiger partial charge in [-0.15, -0.1) is 0 Å². The number of aromatic carboxylic acids is 1. The highest BCUT2D eigenvalue weighted by atomic mass is 16.5. The number of hydrogen-bond acceptors (Lipinski definition) is 3. The Bertz CT molecular complexity index is 538. The molecule has 1 aromatic rings. The van der Waals surface area contributed by atoms with Crippen LogP contribution in [0.4, 0.5) is 0 Å². The number of carbonyl (C=O) groups excluding carboxylic acids is 1. The molecular weight excluding hydrogens is 258 g/mol. The SMILES string of the molecule is O=C(O)c1ccccc1C(=O)NC1CCOC1C1CC1. The zero-order valence-corrected chi connectivity index (χ0v) is 11.0. The highest BCUT2D eigenvalue weighted by Gasteiger charge is 2.41. The summed E-state index contributed by atoms with van der Waals surface area (Å²) in [6.07, 6.45) is 3.20. The van der Waals surface area contributed by atoms with E-state index in [1.165, 1.54) is 6.07 Å². The van der Waals surface area contributed by atoms with Crippen LogP contribution in [0.25, 0.3) is 0 Å². The Kier molecular flexibility index (Phi) is 3.44. The zero-order valence-electron chi connectivity index (χ0n) is 11.0. The molecule has 2 unspecified atom stereocenters. The number of ether oxygens (including phenoxy) is 1. The van der Waals surface area contributed by atoms with E-state index in [4.69, 9.17) is 9.84 Å². The second kappa shape index (κ2) is 5.25. The maximum absolute atomic E-state index is 12.3. The van der Waals surface area contributed by atoms with Gasteiger partial charge in [-0.3, -0.25) is 4.79 Å². The van der Waals surface area contributed by atoms with Gasteiger partial charge in [0.2, 0.25) is 0 Å². The van der Waals surface area contributed by atoms with E-state index in [0.29, 0.717) is 12.5 Å². The Morgan fingerprint density at radius 1 is 1.15 bits per heavy atom. The lowest BCUT2D eigenvalue weighted by Gasteiger charge is -2.19. The van der Waals surface area contributed by atoms with Crippen molar-refractivity contribution >= 4 is 11.9 Å². The second-order valence-electron chi connectivity index (χ2n) is 5.39. The molecule has 2 atom stereocenters. The number of amides is 1. The maximum atomic E-state index is 12.3. The Morgan fingerprint density at radius 2 is 1.85 bits per heavy atom. The van der Waals surface area contributed by atoms with Gasteiger partial charge in [-0.1, -0.05) is 12.1 Å². The third-order valence-corrected chi connectivity index (χ3v) is 3.94. The Morgan fingerprint density at radius 3 is 2.50 bits per heavy atom. The van der Waals surface area contributed by atoms with Gasteiger partial charge < -0.3 is 15.2 Å². The van der Waals surface area contributed by atoms with Crippen LogP contribution >= 0.6 is 0 Å². The molecule has 5 nitrogen and oxygen atoms in total. The van der Waals surface area contributed by atoms with Crippen molar-refractivity contribution in [2.45, 2.75) is 31.4 Å². The number of carboxylic acid groups (broad SMARTS) is 1. The third-order valence-electron chi connectivity index (χ3n) is 3.94. The summed E-state index contributed by atoms with van der Waals surface area (Å²) in [4.78, 5) is 23.4. The van der Waals surface area contributed by atoms with E-state index in [-0.39, 0.29) is 29.2 Å². The van der Waals surface area contributed by atoms with Gasteiger partial charge in [0.1, 0.15) is 0 Å². The van der Waals surface area contributed by atoms with Gasteiger partial charge in [0, 0.05) is 6.61 Å². The Labute approximate surface area is 116 Å². The lowest BCUT2D eigenvalue weighted by molar-refractivity contribution is 0.0682. The van der Waals surface area contributed by atoms with Gasteiger partial charge in [-0.2, -0.15) is 0 Å². The molecule has 1 heterocycles. The zero-order chi connectivity index (χ0) is 14.1. The van der Waals surface area contributed by atoms with Crippen molar-refractivity contribution in [3.8, 4) is 0 Å². The summed E-state index contributed by atoms with van der Waals surface area (Å²) < 4.78 is 5.67. The molecule has 1 aliphatic heterocycles. The normalized spacial score (nSPS) is 25.4. The van der Waals surface area contributed by atoms with E-state index in [0.717, 1.165) is 19.3 Å². The summed E-state index contributed by atoms with van der Waals surface area (Å²) in [6.45, 7) is 0.659. The van der Waals surface area contributed by atoms with Gasteiger partial charge in [0.05, 0.1) is 23.3 Å². The van der Waals surface area contributed by atoms with Gasteiger partial charge in [-0.05, 0) is 37.3 Å². The first kappa shape index (κ1) is 13.1. The highest BCUT2D eigenvalue weighted by molar-refractivity contribution is 6.04. The van der Waals surface area contributed by atoms with Crippen LogP contribution < -0.4 is 5.32 Å². The van der Waals surface area contributed by atoms with E-state index in [2.05, 4.69) is 5.32 Å². The summed E-state index contributed by atoms with van der Waals surface area (Å²) in [5.41, 5.74) is 0.244. The number of carboxylic acids is 1. The van der Waals surface area contributed by atoms with Crippen LogP contribution in [0.2, 0.25) is 0 Å². The summed E-state index contributed by atoms with van der Waals surface area (Å²) >= 11 is 0. The lowest BCUT2D eigenvalue weighted by Crippen LogP contribution is -2.41. The van der Waals surface area contributed by atoms with Crippen LogP contribution in [0, 0.1) is 5.92 Å². The molecule has 0 aromatic heterocycles. The number of rotatable bonds is 4. The average Bonchev–Trinajstić information content (AvgIpc) is 3.19. The van der Waals surface area contributed by atoms with Crippen LogP contribution in [-0.2, 0) is 4.74 Å². The molecule has 1 saturated heterocycles. The minimum absolute atomic E-state index is 0.00292. The molecule has 1 amide bonds. The smallest absolute Gasteiger partial charge is 0.336 e. The largest absolute Gasteiger partial charge is 0.478 e. The van der Waals surface area contributed by atoms with E-state index in [1.54, 1.807) is 18.2 Å². The molecule has 2 aliphatic rings. The molecule has 106 valence electrons. The number of benzene rings is 1. The van der Waals surface area contributed by atoms with Crippen molar-refractivity contribution in [2.75, 3.05) is 6.61 Å². The van der Waals surface area contributed by atoms with Crippen molar-refractivity contribution in [3.63, 3.8) is 0 Å². The molecule has 20 heavy (non-hydrogen) atoms. The Hall–Kier alpha value is -1.88. The highest BCUT2D eigenvalue weighted by Crippen LogP contribution is 2.38. The molecular formula is C15H17NO4. The molecule has 0 radical (unpaired) electrons. The van der Waals surface area contributed by atoms with Crippen LogP contribution in [-0.4, -0.2) is 35.7 Å². The number of hydrogen-bond donors (Lipinski definition) is 2. The van der Waals surface area contributed by atoms with Gasteiger partial charge in [-0.25, -0.2) is 4.79 Å². The monoisotopic (exact) mass is 275 g/mol. The molecule has 5 heteroatoms. The van der Waals surface area contributed by atoms with E-state index < -0.39 is 5.97 Å². The first-order chi connectivity index (χ1) is 9.66. The fraction of sp³-hybridized carbons (Fsp3) is 0.467. The quantitative estimate of drug-likeness (QED) is 0.876. The van der Waals surface area contributed by atoms with Gasteiger partial charge in [0.15, 0.2) is 0 Å². The van der Waals surface area contributed by atoms with Crippen LogP contribution in [0.15, 0.2) is 24.3 Å². The van der Waals surface area contributed by atoms with Gasteiger partial charge >= 0.3 is 5.97 Å². The maximum Gasteiger partial charge on any atom is 0.336 e. The van der Waals surface area contributed by atoms with Crippen molar-refractivity contribution in [1.29, 1.82) is 0 Å². The summed E-state index contributed by atoms with van der Waals surface area (Å²) in [7, 11) is 0. The van der Waals surface area contributed by atoms with Crippen LogP contribution in [0.1, 0.15) is 40.0 Å². The van der Waals surface area contributed by atoms with Crippen LogP contribution in [0.5, 0.6) is 0 Å². The van der Waals surface area contributed by atoms with Crippen molar-refractivity contribution in [1.82, 2.24) is 5.32 Å². The predicted octanol–water partition coefficient (Wildman–Crippen LogP) is 1.68. The number of carbonyl (C=O) groups is 2. The minimum Gasteiger partial charge on any atom is -0.478 e. The third kappa shape index (κ3) is 2.54. The molecule has 1 saturated carbocycles. The summed E-state index contributed by atoms with van der Waals surface area (Å²) in [5, 5.41) is 12.1. The van der Waals surface area contributed by atoms with E-state index in [9.17, 15) is 9.59 Å². The summed E-state index contributed by atoms with van der Waals surface area (Å²) in [5.74, 6) is -0.862. The van der Waals surface area contributed by atoms with E-state index >= 15 is 0 Å². The van der Waals surface area contributed by atoms with Crippen LogP contribution in [0.3, 0.4) is 0 Å². The molecule has 0 bridgehead atoms. The first-order valence-electron chi connectivity index (χ1n) is 6.91. The molecule has 2 fully saturated rings. The number of nitrogens with one attached hydrogen (secondary N) is 1. The topological polar surface area (TPSA) is 75.6 Å². The lowest BCUT2D eigenvalue weighted by atomic mass is 10.0. The minimum atomic E-state index is -1.09. The fourth-order valence-electron chi connectivity index (χ4n) is 2.77. The first-order valence-corrected chi connectivity index (χ1v) is 6.91. The molecule has 1 aliphatic carbocycles. The summed E-state index contributed by atoms with van der Waals surface area (Å²) in [6, 6.07) is 6.27. The van der Waals surface area contributed by atoms with Crippen molar-refractivity contribution in [2.24, 2.45) is 5.92 Å². The molecule has 0 spiro atoms. The Balaban J connectivity index is 1.74. The standard InChI is InChI=1S/C15H17NO4/c17-14(10-3-1-2-4-11(10)15(18)19)16-12-7-8-20-13(12)9-5-6-9/h1-4,9,12-13H,5-8H2,(H,16,17)(H,18,19). The fourth-order valence-corrected chi connectivity index (χ4v) is 2.77. The molecule has 1 aromatic carbocycles. The second-order valence-corrected chi connectivity index (χ2v) is 5.39. The average molecular weight is 275 g/mol. The van der Waals surface area contributed by atoms with Gasteiger partial charge in [0.25, 0.3) is 5.91 Å². The predicted molar refractivity (Wildman–Crippen MR) is 71.7 cm³/mol. The van der Waals surface area contributed by atoms with Crippen molar-refractivity contribution < 1.29 is 19.4 Å². The van der Waals surface area contributed by atoms with E-state index in [1.807, 2.05) is 0 Å². The molecule has 2 N–H and O–H groups in total. The van der Waals surface area contributed by atoms with Crippen molar-refractivity contribution in [3.05, 3.63) is 35.4 Å². The molecule has 3 rings (SSSR count).